The van der Waals surface area contributed by atoms with Gasteiger partial charge in [-0.1, -0.05) is 0 Å². The van der Waals surface area contributed by atoms with Crippen molar-refractivity contribution in [2.24, 2.45) is 0 Å². The van der Waals surface area contributed by atoms with Crippen LogP contribution < -0.4 is 15.7 Å². The van der Waals surface area contributed by atoms with Gasteiger partial charge >= 0.3 is 5.63 Å². The minimum atomic E-state index is -0.567. The monoisotopic (exact) mass is 303 g/mol. The molecule has 2 heterocycles. The fourth-order valence-corrected chi connectivity index (χ4v) is 2.56. The Bertz CT molecular complexity index is 746. The molecule has 1 unspecified atom stereocenters. The van der Waals surface area contributed by atoms with Crippen molar-refractivity contribution in [3.05, 3.63) is 40.2 Å². The van der Waals surface area contributed by atoms with E-state index in [1.807, 2.05) is 0 Å². The molecule has 116 valence electrons. The average molecular weight is 303 g/mol. The zero-order valence-corrected chi connectivity index (χ0v) is 12.3. The molecule has 0 spiro atoms. The summed E-state index contributed by atoms with van der Waals surface area (Å²) in [5, 5.41) is 3.39. The molecule has 1 fully saturated rings. The van der Waals surface area contributed by atoms with E-state index in [0.717, 1.165) is 19.4 Å². The quantitative estimate of drug-likeness (QED) is 0.870. The first-order chi connectivity index (χ1) is 10.7. The lowest BCUT2D eigenvalue weighted by atomic mass is 10.1. The molecule has 1 aliphatic heterocycles. The molecule has 1 aromatic heterocycles. The van der Waals surface area contributed by atoms with Gasteiger partial charge in [-0.15, -0.1) is 0 Å². The van der Waals surface area contributed by atoms with Gasteiger partial charge in [0, 0.05) is 30.7 Å². The van der Waals surface area contributed by atoms with Crippen molar-refractivity contribution in [2.45, 2.75) is 18.9 Å². The van der Waals surface area contributed by atoms with E-state index >= 15 is 0 Å². The lowest BCUT2D eigenvalue weighted by Crippen LogP contribution is -2.32. The van der Waals surface area contributed by atoms with Crippen molar-refractivity contribution in [3.8, 4) is 5.75 Å². The summed E-state index contributed by atoms with van der Waals surface area (Å²) in [6, 6.07) is 6.23. The van der Waals surface area contributed by atoms with Gasteiger partial charge in [0.1, 0.15) is 11.3 Å². The Morgan fingerprint density at radius 2 is 2.27 bits per heavy atom. The maximum Gasteiger partial charge on any atom is 0.337 e. The maximum absolute atomic E-state index is 12.3. The van der Waals surface area contributed by atoms with Crippen LogP contribution in [0.15, 0.2) is 33.5 Å². The van der Waals surface area contributed by atoms with Crippen molar-refractivity contribution in [3.63, 3.8) is 0 Å². The van der Waals surface area contributed by atoms with Crippen molar-refractivity contribution < 1.29 is 18.7 Å². The first kappa shape index (κ1) is 14.6. The molecule has 6 heteroatoms. The van der Waals surface area contributed by atoms with Crippen LogP contribution >= 0.6 is 0 Å². The number of benzene rings is 1. The predicted octanol–water partition coefficient (Wildman–Crippen LogP) is 1.71. The van der Waals surface area contributed by atoms with Crippen LogP contribution in [0.4, 0.5) is 0 Å². The summed E-state index contributed by atoms with van der Waals surface area (Å²) in [5.74, 6) is 0.256. The topological polar surface area (TPSA) is 77.8 Å². The van der Waals surface area contributed by atoms with Gasteiger partial charge in [-0.2, -0.15) is 0 Å². The normalized spacial score (nSPS) is 17.6. The molecule has 0 aliphatic carbocycles. The van der Waals surface area contributed by atoms with Crippen LogP contribution in [0.5, 0.6) is 5.75 Å². The molecule has 1 aromatic carbocycles. The van der Waals surface area contributed by atoms with Gasteiger partial charge in [0.05, 0.1) is 18.8 Å². The van der Waals surface area contributed by atoms with Crippen molar-refractivity contribution >= 4 is 16.9 Å². The standard InChI is InChI=1S/C16H17NO5/c1-20-10-4-5-12-13(8-15(18)22-14(12)7-10)16(19)17-9-11-3-2-6-21-11/h4-5,7-8,11H,2-3,6,9H2,1H3,(H,17,19). The van der Waals surface area contributed by atoms with Gasteiger partial charge in [-0.3, -0.25) is 4.79 Å². The minimum Gasteiger partial charge on any atom is -0.497 e. The zero-order chi connectivity index (χ0) is 15.5. The Balaban J connectivity index is 1.88. The summed E-state index contributed by atoms with van der Waals surface area (Å²) in [6.07, 6.45) is 2.00. The number of ether oxygens (including phenoxy) is 2. The fraction of sp³-hybridized carbons (Fsp3) is 0.375. The smallest absolute Gasteiger partial charge is 0.337 e. The summed E-state index contributed by atoms with van der Waals surface area (Å²) in [7, 11) is 1.53. The van der Waals surface area contributed by atoms with E-state index in [1.54, 1.807) is 18.2 Å². The Hall–Kier alpha value is -2.34. The molecule has 2 aromatic rings. The summed E-state index contributed by atoms with van der Waals surface area (Å²) in [5.41, 5.74) is 0.0593. The highest BCUT2D eigenvalue weighted by atomic mass is 16.5. The summed E-state index contributed by atoms with van der Waals surface area (Å²) in [4.78, 5) is 24.0. The minimum absolute atomic E-state index is 0.0513. The first-order valence-corrected chi connectivity index (χ1v) is 7.19. The van der Waals surface area contributed by atoms with Crippen LogP contribution in [0.1, 0.15) is 23.2 Å². The van der Waals surface area contributed by atoms with Crippen LogP contribution in [0.25, 0.3) is 11.0 Å². The Labute approximate surface area is 127 Å². The highest BCUT2D eigenvalue weighted by molar-refractivity contribution is 6.05. The van der Waals surface area contributed by atoms with Crippen LogP contribution in [0, 0.1) is 0 Å². The molecule has 0 saturated carbocycles. The van der Waals surface area contributed by atoms with E-state index in [-0.39, 0.29) is 12.0 Å². The second kappa shape index (κ2) is 6.19. The summed E-state index contributed by atoms with van der Waals surface area (Å²) >= 11 is 0. The van der Waals surface area contributed by atoms with E-state index in [2.05, 4.69) is 5.32 Å². The predicted molar refractivity (Wildman–Crippen MR) is 80.3 cm³/mol. The third-order valence-electron chi connectivity index (χ3n) is 3.71. The molecular formula is C16H17NO5. The Morgan fingerprint density at radius 3 is 3.00 bits per heavy atom. The van der Waals surface area contributed by atoms with Gasteiger partial charge in [0.25, 0.3) is 5.91 Å². The number of methoxy groups -OCH3 is 1. The largest absolute Gasteiger partial charge is 0.497 e. The zero-order valence-electron chi connectivity index (χ0n) is 12.3. The van der Waals surface area contributed by atoms with Gasteiger partial charge in [-0.05, 0) is 25.0 Å². The highest BCUT2D eigenvalue weighted by Gasteiger charge is 2.18. The van der Waals surface area contributed by atoms with Gasteiger partial charge in [0.15, 0.2) is 0 Å². The number of hydrogen-bond donors (Lipinski definition) is 1. The summed E-state index contributed by atoms with van der Waals surface area (Å²) in [6.45, 7) is 1.18. The van der Waals surface area contributed by atoms with Crippen LogP contribution in [-0.2, 0) is 4.74 Å². The number of nitrogens with one attached hydrogen (secondary N) is 1. The number of rotatable bonds is 4. The Morgan fingerprint density at radius 1 is 1.41 bits per heavy atom. The molecule has 0 radical (unpaired) electrons. The van der Waals surface area contributed by atoms with Gasteiger partial charge < -0.3 is 19.2 Å². The molecule has 1 aliphatic rings. The van der Waals surface area contributed by atoms with E-state index in [1.165, 1.54) is 13.2 Å². The second-order valence-electron chi connectivity index (χ2n) is 5.19. The van der Waals surface area contributed by atoms with E-state index in [9.17, 15) is 9.59 Å². The number of fused-ring (bicyclic) bond motifs is 1. The van der Waals surface area contributed by atoms with Crippen LogP contribution in [-0.4, -0.2) is 32.3 Å². The van der Waals surface area contributed by atoms with Crippen LogP contribution in [0.3, 0.4) is 0 Å². The van der Waals surface area contributed by atoms with Crippen molar-refractivity contribution in [1.29, 1.82) is 0 Å². The molecule has 3 rings (SSSR count). The fourth-order valence-electron chi connectivity index (χ4n) is 2.56. The molecule has 1 N–H and O–H groups in total. The summed E-state index contributed by atoms with van der Waals surface area (Å²) < 4.78 is 15.7. The first-order valence-electron chi connectivity index (χ1n) is 7.19. The molecular weight excluding hydrogens is 286 g/mol. The number of hydrogen-bond acceptors (Lipinski definition) is 5. The lowest BCUT2D eigenvalue weighted by Gasteiger charge is -2.11. The van der Waals surface area contributed by atoms with E-state index < -0.39 is 5.63 Å². The molecule has 1 saturated heterocycles. The van der Waals surface area contributed by atoms with Gasteiger partial charge in [-0.25, -0.2) is 4.79 Å². The molecule has 1 amide bonds. The number of amides is 1. The molecule has 1 atom stereocenters. The van der Waals surface area contributed by atoms with Gasteiger partial charge in [0.2, 0.25) is 0 Å². The molecule has 0 bridgehead atoms. The maximum atomic E-state index is 12.3. The van der Waals surface area contributed by atoms with Crippen molar-refractivity contribution in [1.82, 2.24) is 5.32 Å². The average Bonchev–Trinajstić information content (AvgIpc) is 3.04. The Kier molecular flexibility index (Phi) is 4.11. The SMILES string of the molecule is COc1ccc2c(C(=O)NCC3CCCO3)cc(=O)oc2c1. The van der Waals surface area contributed by atoms with E-state index in [0.29, 0.717) is 28.8 Å². The molecule has 6 nitrogen and oxygen atoms in total. The number of carbonyl (C=O) groups excluding carboxylic acids is 1. The highest BCUT2D eigenvalue weighted by Crippen LogP contribution is 2.22. The third-order valence-corrected chi connectivity index (χ3v) is 3.71. The van der Waals surface area contributed by atoms with Crippen molar-refractivity contribution in [2.75, 3.05) is 20.3 Å². The number of carbonyl (C=O) groups is 1. The van der Waals surface area contributed by atoms with E-state index in [4.69, 9.17) is 13.9 Å². The lowest BCUT2D eigenvalue weighted by molar-refractivity contribution is 0.0858. The second-order valence-corrected chi connectivity index (χ2v) is 5.19. The third kappa shape index (κ3) is 2.96. The van der Waals surface area contributed by atoms with Crippen LogP contribution in [0.2, 0.25) is 0 Å². The molecule has 22 heavy (non-hydrogen) atoms.